The fourth-order valence-corrected chi connectivity index (χ4v) is 3.77. The van der Waals surface area contributed by atoms with Crippen LogP contribution in [0.4, 0.5) is 0 Å². The van der Waals surface area contributed by atoms with Gasteiger partial charge >= 0.3 is 5.97 Å². The van der Waals surface area contributed by atoms with E-state index in [0.29, 0.717) is 17.8 Å². The van der Waals surface area contributed by atoms with E-state index in [1.54, 1.807) is 0 Å². The third kappa shape index (κ3) is 3.73. The molecule has 114 valence electrons. The first-order valence-corrected chi connectivity index (χ1v) is 7.62. The van der Waals surface area contributed by atoms with Gasteiger partial charge in [-0.25, -0.2) is 0 Å². The fraction of sp³-hybridized carbons (Fsp3) is 0.941. The van der Waals surface area contributed by atoms with Gasteiger partial charge in [-0.15, -0.1) is 0 Å². The number of rotatable bonds is 7. The molecular weight excluding hydrogens is 236 g/mol. The third-order valence-corrected chi connectivity index (χ3v) is 5.22. The Balaban J connectivity index is 5.47. The molecule has 0 aliphatic carbocycles. The number of carbonyl (C=O) groups is 1. The molecule has 0 saturated heterocycles. The van der Waals surface area contributed by atoms with Crippen molar-refractivity contribution in [3.8, 4) is 0 Å². The summed E-state index contributed by atoms with van der Waals surface area (Å²) in [6.45, 7) is 17.6. The van der Waals surface area contributed by atoms with E-state index in [9.17, 15) is 4.79 Å². The zero-order valence-corrected chi connectivity index (χ0v) is 14.5. The highest BCUT2D eigenvalue weighted by Crippen LogP contribution is 2.51. The number of carbonyl (C=O) groups excluding carboxylic acids is 1. The van der Waals surface area contributed by atoms with Crippen LogP contribution in [0.15, 0.2) is 0 Å². The summed E-state index contributed by atoms with van der Waals surface area (Å²) in [6.07, 6.45) is 2.41. The molecule has 0 aliphatic heterocycles. The monoisotopic (exact) mass is 270 g/mol. The van der Waals surface area contributed by atoms with Crippen LogP contribution in [0, 0.1) is 28.6 Å². The highest BCUT2D eigenvalue weighted by molar-refractivity contribution is 5.76. The van der Waals surface area contributed by atoms with Gasteiger partial charge in [0.25, 0.3) is 0 Å². The molecule has 0 aliphatic rings. The normalized spacial score (nSPS) is 16.3. The van der Waals surface area contributed by atoms with Crippen LogP contribution in [0.3, 0.4) is 0 Å². The Morgan fingerprint density at radius 2 is 1.58 bits per heavy atom. The molecule has 2 atom stereocenters. The van der Waals surface area contributed by atoms with Gasteiger partial charge in [-0.05, 0) is 37.0 Å². The number of hydrogen-bond donors (Lipinski definition) is 0. The summed E-state index contributed by atoms with van der Waals surface area (Å²) in [7, 11) is 1.49. The minimum atomic E-state index is -0.474. The number of methoxy groups -OCH3 is 1. The summed E-state index contributed by atoms with van der Waals surface area (Å²) in [5.74, 6) is 1.57. The maximum Gasteiger partial charge on any atom is 0.311 e. The van der Waals surface area contributed by atoms with Gasteiger partial charge in [-0.2, -0.15) is 0 Å². The zero-order chi connectivity index (χ0) is 15.4. The van der Waals surface area contributed by atoms with Crippen LogP contribution in [0.25, 0.3) is 0 Å². The molecule has 0 aromatic carbocycles. The standard InChI is InChI=1S/C17H34O2/c1-10-11-13(4)14(12(2)3)16(5,6)17(7,8)15(18)19-9/h12-14H,10-11H2,1-9H3. The minimum absolute atomic E-state index is 0.0944. The lowest BCUT2D eigenvalue weighted by Gasteiger charge is -2.49. The van der Waals surface area contributed by atoms with Gasteiger partial charge in [-0.1, -0.05) is 54.4 Å². The van der Waals surface area contributed by atoms with E-state index < -0.39 is 5.41 Å². The van der Waals surface area contributed by atoms with Crippen LogP contribution in [-0.2, 0) is 9.53 Å². The molecule has 0 heterocycles. The minimum Gasteiger partial charge on any atom is -0.469 e. The lowest BCUT2D eigenvalue weighted by atomic mass is 9.55. The van der Waals surface area contributed by atoms with E-state index >= 15 is 0 Å². The molecule has 2 nitrogen and oxygen atoms in total. The third-order valence-electron chi connectivity index (χ3n) is 5.22. The van der Waals surface area contributed by atoms with Gasteiger partial charge in [0, 0.05) is 0 Å². The van der Waals surface area contributed by atoms with Crippen LogP contribution in [0.2, 0.25) is 0 Å². The molecule has 0 N–H and O–H groups in total. The smallest absolute Gasteiger partial charge is 0.311 e. The molecule has 2 unspecified atom stereocenters. The van der Waals surface area contributed by atoms with Gasteiger partial charge in [0.1, 0.15) is 0 Å². The number of ether oxygens (including phenoxy) is 1. The van der Waals surface area contributed by atoms with Crippen molar-refractivity contribution in [2.45, 2.75) is 68.2 Å². The molecule has 19 heavy (non-hydrogen) atoms. The Morgan fingerprint density at radius 3 is 1.89 bits per heavy atom. The Morgan fingerprint density at radius 1 is 1.11 bits per heavy atom. The van der Waals surface area contributed by atoms with E-state index in [2.05, 4.69) is 41.5 Å². The topological polar surface area (TPSA) is 26.3 Å². The van der Waals surface area contributed by atoms with Crippen LogP contribution in [-0.4, -0.2) is 13.1 Å². The number of esters is 1. The average Bonchev–Trinajstić information content (AvgIpc) is 2.26. The van der Waals surface area contributed by atoms with Gasteiger partial charge in [0.2, 0.25) is 0 Å². The second kappa shape index (κ2) is 6.76. The summed E-state index contributed by atoms with van der Waals surface area (Å²) in [5.41, 5.74) is -0.568. The molecule has 0 bridgehead atoms. The Bertz CT molecular complexity index is 290. The quantitative estimate of drug-likeness (QED) is 0.614. The van der Waals surface area contributed by atoms with Crippen LogP contribution < -0.4 is 0 Å². The molecular formula is C17H34O2. The van der Waals surface area contributed by atoms with Gasteiger partial charge in [0.05, 0.1) is 12.5 Å². The number of hydrogen-bond acceptors (Lipinski definition) is 2. The Kier molecular flexibility index (Phi) is 6.57. The second-order valence-electron chi connectivity index (χ2n) is 7.37. The second-order valence-corrected chi connectivity index (χ2v) is 7.37. The molecule has 0 amide bonds. The predicted octanol–water partition coefficient (Wildman–Crippen LogP) is 4.92. The predicted molar refractivity (Wildman–Crippen MR) is 82.0 cm³/mol. The van der Waals surface area contributed by atoms with E-state index in [-0.39, 0.29) is 11.4 Å². The van der Waals surface area contributed by atoms with Crippen molar-refractivity contribution in [3.05, 3.63) is 0 Å². The summed E-state index contributed by atoms with van der Waals surface area (Å²) >= 11 is 0. The highest BCUT2D eigenvalue weighted by Gasteiger charge is 2.50. The van der Waals surface area contributed by atoms with Crippen LogP contribution >= 0.6 is 0 Å². The van der Waals surface area contributed by atoms with Crippen LogP contribution in [0.1, 0.15) is 68.2 Å². The van der Waals surface area contributed by atoms with Gasteiger partial charge in [0.15, 0.2) is 0 Å². The van der Waals surface area contributed by atoms with Gasteiger partial charge < -0.3 is 4.74 Å². The highest BCUT2D eigenvalue weighted by atomic mass is 16.5. The first-order chi connectivity index (χ1) is 8.53. The molecule has 0 saturated carbocycles. The van der Waals surface area contributed by atoms with Crippen molar-refractivity contribution in [2.75, 3.05) is 7.11 Å². The van der Waals surface area contributed by atoms with Crippen molar-refractivity contribution in [1.82, 2.24) is 0 Å². The molecule has 0 fully saturated rings. The van der Waals surface area contributed by atoms with E-state index in [4.69, 9.17) is 4.74 Å². The molecule has 0 aromatic rings. The Labute approximate surface area is 120 Å². The Hall–Kier alpha value is -0.530. The summed E-state index contributed by atoms with van der Waals surface area (Å²) < 4.78 is 5.03. The summed E-state index contributed by atoms with van der Waals surface area (Å²) in [4.78, 5) is 12.2. The SMILES string of the molecule is CCCC(C)C(C(C)C)C(C)(C)C(C)(C)C(=O)OC. The van der Waals surface area contributed by atoms with Gasteiger partial charge in [-0.3, -0.25) is 4.79 Å². The summed E-state index contributed by atoms with van der Waals surface area (Å²) in [5, 5.41) is 0. The van der Waals surface area contributed by atoms with E-state index in [0.717, 1.165) is 0 Å². The molecule has 2 heteroatoms. The van der Waals surface area contributed by atoms with Crippen molar-refractivity contribution in [2.24, 2.45) is 28.6 Å². The van der Waals surface area contributed by atoms with Crippen molar-refractivity contribution >= 4 is 5.97 Å². The average molecular weight is 270 g/mol. The first-order valence-electron chi connectivity index (χ1n) is 7.62. The molecule has 0 aromatic heterocycles. The lowest BCUT2D eigenvalue weighted by Crippen LogP contribution is -2.48. The van der Waals surface area contributed by atoms with E-state index in [1.165, 1.54) is 20.0 Å². The maximum atomic E-state index is 12.2. The van der Waals surface area contributed by atoms with Crippen molar-refractivity contribution in [3.63, 3.8) is 0 Å². The fourth-order valence-electron chi connectivity index (χ4n) is 3.77. The molecule has 0 spiro atoms. The molecule has 0 rings (SSSR count). The molecule has 0 radical (unpaired) electrons. The zero-order valence-electron chi connectivity index (χ0n) is 14.5. The summed E-state index contributed by atoms with van der Waals surface area (Å²) in [6, 6.07) is 0. The maximum absolute atomic E-state index is 12.2. The van der Waals surface area contributed by atoms with Crippen LogP contribution in [0.5, 0.6) is 0 Å². The van der Waals surface area contributed by atoms with E-state index in [1.807, 2.05) is 13.8 Å². The van der Waals surface area contributed by atoms with Crippen molar-refractivity contribution < 1.29 is 9.53 Å². The lowest BCUT2D eigenvalue weighted by molar-refractivity contribution is -0.163. The first kappa shape index (κ1) is 18.5. The van der Waals surface area contributed by atoms with Crippen molar-refractivity contribution in [1.29, 1.82) is 0 Å². The largest absolute Gasteiger partial charge is 0.469 e.